The summed E-state index contributed by atoms with van der Waals surface area (Å²) in [5.41, 5.74) is 0.459. The van der Waals surface area contributed by atoms with E-state index in [0.29, 0.717) is 22.6 Å². The molecule has 0 radical (unpaired) electrons. The molecule has 26 heavy (non-hydrogen) atoms. The average Bonchev–Trinajstić information content (AvgIpc) is 2.62. The Balaban J connectivity index is 2.31. The molecular weight excluding hydrogens is 420 g/mol. The number of imide groups is 1. The predicted octanol–water partition coefficient (Wildman–Crippen LogP) is 2.90. The van der Waals surface area contributed by atoms with Crippen molar-refractivity contribution in [1.82, 2.24) is 20.2 Å². The van der Waals surface area contributed by atoms with Gasteiger partial charge in [-0.3, -0.25) is 19.5 Å². The second-order valence-corrected chi connectivity index (χ2v) is 7.49. The summed E-state index contributed by atoms with van der Waals surface area (Å²) in [5.74, 6) is -0.449. The van der Waals surface area contributed by atoms with Crippen LogP contribution in [0, 0.1) is 0 Å². The molecule has 0 saturated carbocycles. The SMILES string of the molecule is CCCCCn1c(SCC(=O)NC(=O)NC)nc2ccc(Br)cc2c1=O. The van der Waals surface area contributed by atoms with Gasteiger partial charge in [-0.1, -0.05) is 47.5 Å². The molecule has 0 aliphatic rings. The van der Waals surface area contributed by atoms with Crippen LogP contribution in [0.5, 0.6) is 0 Å². The second kappa shape index (κ2) is 9.72. The van der Waals surface area contributed by atoms with Gasteiger partial charge in [0.25, 0.3) is 5.56 Å². The number of benzene rings is 1. The van der Waals surface area contributed by atoms with Crippen LogP contribution in [-0.4, -0.2) is 34.3 Å². The molecule has 0 saturated heterocycles. The van der Waals surface area contributed by atoms with Crippen molar-refractivity contribution < 1.29 is 9.59 Å². The van der Waals surface area contributed by atoms with Gasteiger partial charge >= 0.3 is 6.03 Å². The highest BCUT2D eigenvalue weighted by Gasteiger charge is 2.14. The number of thioether (sulfide) groups is 1. The van der Waals surface area contributed by atoms with E-state index >= 15 is 0 Å². The number of unbranched alkanes of at least 4 members (excludes halogenated alkanes) is 2. The summed E-state index contributed by atoms with van der Waals surface area (Å²) in [5, 5.41) is 5.54. The summed E-state index contributed by atoms with van der Waals surface area (Å²) < 4.78 is 2.43. The molecule has 1 aromatic heterocycles. The number of rotatable bonds is 7. The van der Waals surface area contributed by atoms with Crippen LogP contribution in [0.2, 0.25) is 0 Å². The maximum atomic E-state index is 12.9. The van der Waals surface area contributed by atoms with Gasteiger partial charge in [-0.05, 0) is 24.6 Å². The van der Waals surface area contributed by atoms with Gasteiger partial charge in [-0.2, -0.15) is 0 Å². The number of fused-ring (bicyclic) bond motifs is 1. The number of urea groups is 1. The minimum Gasteiger partial charge on any atom is -0.341 e. The molecule has 7 nitrogen and oxygen atoms in total. The quantitative estimate of drug-likeness (QED) is 0.392. The minimum absolute atomic E-state index is 0.00429. The van der Waals surface area contributed by atoms with Gasteiger partial charge in [-0.15, -0.1) is 0 Å². The van der Waals surface area contributed by atoms with E-state index in [1.807, 2.05) is 6.07 Å². The zero-order chi connectivity index (χ0) is 19.1. The summed E-state index contributed by atoms with van der Waals surface area (Å²) >= 11 is 4.53. The van der Waals surface area contributed by atoms with Crippen molar-refractivity contribution in [2.45, 2.75) is 37.9 Å². The molecule has 0 aliphatic heterocycles. The molecular formula is C17H21BrN4O3S. The van der Waals surface area contributed by atoms with Gasteiger partial charge in [0.05, 0.1) is 16.7 Å². The van der Waals surface area contributed by atoms with Crippen LogP contribution in [0.1, 0.15) is 26.2 Å². The lowest BCUT2D eigenvalue weighted by Crippen LogP contribution is -2.38. The Bertz CT molecular complexity index is 869. The van der Waals surface area contributed by atoms with Crippen molar-refractivity contribution in [3.05, 3.63) is 33.0 Å². The molecule has 0 atom stereocenters. The number of carbonyl (C=O) groups excluding carboxylic acids is 2. The Hall–Kier alpha value is -1.87. The number of aromatic nitrogens is 2. The molecule has 140 valence electrons. The fourth-order valence-electron chi connectivity index (χ4n) is 2.36. The van der Waals surface area contributed by atoms with Crippen molar-refractivity contribution in [3.63, 3.8) is 0 Å². The highest BCUT2D eigenvalue weighted by Crippen LogP contribution is 2.21. The van der Waals surface area contributed by atoms with Gasteiger partial charge in [-0.25, -0.2) is 9.78 Å². The van der Waals surface area contributed by atoms with Crippen molar-refractivity contribution in [1.29, 1.82) is 0 Å². The Labute approximate surface area is 164 Å². The third-order valence-corrected chi connectivity index (χ3v) is 5.15. The first-order valence-corrected chi connectivity index (χ1v) is 10.1. The summed E-state index contributed by atoms with van der Waals surface area (Å²) in [7, 11) is 1.43. The van der Waals surface area contributed by atoms with Gasteiger partial charge in [0.1, 0.15) is 0 Å². The maximum absolute atomic E-state index is 12.9. The maximum Gasteiger partial charge on any atom is 0.321 e. The van der Waals surface area contributed by atoms with Crippen molar-refractivity contribution in [3.8, 4) is 0 Å². The van der Waals surface area contributed by atoms with Gasteiger partial charge in [0.15, 0.2) is 5.16 Å². The van der Waals surface area contributed by atoms with Crippen molar-refractivity contribution >= 4 is 50.5 Å². The van der Waals surface area contributed by atoms with Gasteiger partial charge in [0.2, 0.25) is 5.91 Å². The molecule has 9 heteroatoms. The first-order chi connectivity index (χ1) is 12.5. The van der Waals surface area contributed by atoms with Crippen molar-refractivity contribution in [2.75, 3.05) is 12.8 Å². The molecule has 0 unspecified atom stereocenters. The van der Waals surface area contributed by atoms with Crippen LogP contribution < -0.4 is 16.2 Å². The van der Waals surface area contributed by atoms with E-state index in [1.54, 1.807) is 16.7 Å². The topological polar surface area (TPSA) is 93.1 Å². The Kier molecular flexibility index (Phi) is 7.65. The average molecular weight is 441 g/mol. The van der Waals surface area contributed by atoms with Crippen LogP contribution in [0.15, 0.2) is 32.6 Å². The lowest BCUT2D eigenvalue weighted by Gasteiger charge is -2.13. The van der Waals surface area contributed by atoms with E-state index in [2.05, 4.69) is 38.5 Å². The monoisotopic (exact) mass is 440 g/mol. The third-order valence-electron chi connectivity index (χ3n) is 3.68. The molecule has 2 aromatic rings. The number of amides is 3. The standard InChI is InChI=1S/C17H21BrN4O3S/c1-3-4-5-8-22-15(24)12-9-11(18)6-7-13(12)20-17(22)26-10-14(23)21-16(25)19-2/h6-7,9H,3-5,8,10H2,1-2H3,(H2,19,21,23,25). The smallest absolute Gasteiger partial charge is 0.321 e. The Morgan fingerprint density at radius 3 is 2.77 bits per heavy atom. The van der Waals surface area contributed by atoms with E-state index < -0.39 is 11.9 Å². The summed E-state index contributed by atoms with van der Waals surface area (Å²) in [6, 6.07) is 4.79. The fourth-order valence-corrected chi connectivity index (χ4v) is 3.54. The summed E-state index contributed by atoms with van der Waals surface area (Å²) in [6.07, 6.45) is 2.90. The third kappa shape index (κ3) is 5.31. The Morgan fingerprint density at radius 1 is 1.31 bits per heavy atom. The van der Waals surface area contributed by atoms with E-state index in [-0.39, 0.29) is 11.3 Å². The van der Waals surface area contributed by atoms with Crippen LogP contribution in [0.4, 0.5) is 4.79 Å². The highest BCUT2D eigenvalue weighted by atomic mass is 79.9. The zero-order valence-electron chi connectivity index (χ0n) is 14.7. The summed E-state index contributed by atoms with van der Waals surface area (Å²) in [6.45, 7) is 2.64. The largest absolute Gasteiger partial charge is 0.341 e. The number of nitrogens with one attached hydrogen (secondary N) is 2. The molecule has 0 fully saturated rings. The number of carbonyl (C=O) groups is 2. The second-order valence-electron chi connectivity index (χ2n) is 5.64. The van der Waals surface area contributed by atoms with E-state index in [4.69, 9.17) is 0 Å². The molecule has 0 aliphatic carbocycles. The van der Waals surface area contributed by atoms with Crippen LogP contribution >= 0.6 is 27.7 Å². The highest BCUT2D eigenvalue weighted by molar-refractivity contribution is 9.10. The number of hydrogen-bond donors (Lipinski definition) is 2. The van der Waals surface area contributed by atoms with Crippen molar-refractivity contribution in [2.24, 2.45) is 0 Å². The van der Waals surface area contributed by atoms with Crippen LogP contribution in [0.3, 0.4) is 0 Å². The molecule has 1 heterocycles. The normalized spacial score (nSPS) is 10.7. The summed E-state index contributed by atoms with van der Waals surface area (Å²) in [4.78, 5) is 40.5. The molecule has 3 amide bonds. The first kappa shape index (κ1) is 20.4. The van der Waals surface area contributed by atoms with E-state index in [0.717, 1.165) is 35.5 Å². The molecule has 0 bridgehead atoms. The fraction of sp³-hybridized carbons (Fsp3) is 0.412. The molecule has 2 N–H and O–H groups in total. The lowest BCUT2D eigenvalue weighted by molar-refractivity contribution is -0.117. The number of halogens is 1. The van der Waals surface area contributed by atoms with Gasteiger partial charge in [0, 0.05) is 18.1 Å². The first-order valence-electron chi connectivity index (χ1n) is 8.30. The van der Waals surface area contributed by atoms with Crippen LogP contribution in [0.25, 0.3) is 10.9 Å². The van der Waals surface area contributed by atoms with Crippen LogP contribution in [-0.2, 0) is 11.3 Å². The van der Waals surface area contributed by atoms with E-state index in [9.17, 15) is 14.4 Å². The number of nitrogens with zero attached hydrogens (tertiary/aromatic N) is 2. The van der Waals surface area contributed by atoms with Gasteiger partial charge < -0.3 is 5.32 Å². The van der Waals surface area contributed by atoms with E-state index in [1.165, 1.54) is 7.05 Å². The molecule has 2 rings (SSSR count). The minimum atomic E-state index is -0.563. The predicted molar refractivity (Wildman–Crippen MR) is 107 cm³/mol. The number of hydrogen-bond acceptors (Lipinski definition) is 5. The zero-order valence-corrected chi connectivity index (χ0v) is 17.1. The lowest BCUT2D eigenvalue weighted by atomic mass is 10.2. The Morgan fingerprint density at radius 2 is 2.08 bits per heavy atom. The molecule has 1 aromatic carbocycles. The molecule has 0 spiro atoms.